The van der Waals surface area contributed by atoms with E-state index >= 15 is 0 Å². The molecular formula is C13H14ClN3O3. The molecule has 2 atom stereocenters. The zero-order valence-electron chi connectivity index (χ0n) is 10.9. The van der Waals surface area contributed by atoms with E-state index in [-0.39, 0.29) is 22.6 Å². The van der Waals surface area contributed by atoms with E-state index in [2.05, 4.69) is 11.4 Å². The molecule has 1 aromatic carbocycles. The van der Waals surface area contributed by atoms with Crippen LogP contribution in [0.3, 0.4) is 0 Å². The lowest BCUT2D eigenvalue weighted by Crippen LogP contribution is -2.39. The van der Waals surface area contributed by atoms with Gasteiger partial charge in [-0.1, -0.05) is 17.7 Å². The number of nitrogens with one attached hydrogen (secondary N) is 1. The molecule has 1 N–H and O–H groups in total. The maximum atomic E-state index is 11.0. The number of halogens is 1. The summed E-state index contributed by atoms with van der Waals surface area (Å²) in [5, 5.41) is 23.4. The third-order valence-electron chi connectivity index (χ3n) is 3.59. The molecule has 106 valence electrons. The average Bonchev–Trinajstić information content (AvgIpc) is 2.85. The molecule has 0 heterocycles. The lowest BCUT2D eigenvalue weighted by atomic mass is 10.0. The van der Waals surface area contributed by atoms with Crippen LogP contribution in [0.1, 0.15) is 19.3 Å². The van der Waals surface area contributed by atoms with Crippen molar-refractivity contribution in [2.24, 2.45) is 0 Å². The molecule has 7 heteroatoms. The van der Waals surface area contributed by atoms with Gasteiger partial charge in [0.05, 0.1) is 16.0 Å². The summed E-state index contributed by atoms with van der Waals surface area (Å²) in [6.07, 6.45) is 1.50. The minimum Gasteiger partial charge on any atom is -0.482 e. The van der Waals surface area contributed by atoms with Crippen molar-refractivity contribution in [3.8, 4) is 11.8 Å². The first kappa shape index (κ1) is 14.6. The Morgan fingerprint density at radius 2 is 2.40 bits per heavy atom. The van der Waals surface area contributed by atoms with Crippen molar-refractivity contribution in [1.29, 1.82) is 5.26 Å². The fourth-order valence-corrected chi connectivity index (χ4v) is 2.62. The number of hydrogen-bond acceptors (Lipinski definition) is 5. The molecule has 0 aromatic heterocycles. The minimum absolute atomic E-state index is 0.0778. The van der Waals surface area contributed by atoms with Gasteiger partial charge in [0.25, 0.3) is 0 Å². The van der Waals surface area contributed by atoms with E-state index in [1.807, 2.05) is 0 Å². The van der Waals surface area contributed by atoms with Crippen molar-refractivity contribution in [2.45, 2.75) is 30.9 Å². The van der Waals surface area contributed by atoms with Crippen LogP contribution in [0.15, 0.2) is 18.2 Å². The molecule has 1 aliphatic rings. The summed E-state index contributed by atoms with van der Waals surface area (Å²) in [6.45, 7) is 0. The Balaban J connectivity index is 2.21. The van der Waals surface area contributed by atoms with Gasteiger partial charge in [-0.15, -0.1) is 0 Å². The highest BCUT2D eigenvalue weighted by atomic mass is 35.5. The second-order valence-electron chi connectivity index (χ2n) is 4.77. The first-order valence-electron chi connectivity index (χ1n) is 6.21. The molecule has 0 aliphatic heterocycles. The van der Waals surface area contributed by atoms with E-state index in [4.69, 9.17) is 16.3 Å². The highest BCUT2D eigenvalue weighted by Crippen LogP contribution is 2.39. The lowest BCUT2D eigenvalue weighted by Gasteiger charge is -2.20. The van der Waals surface area contributed by atoms with Crippen LogP contribution >= 0.6 is 11.6 Å². The van der Waals surface area contributed by atoms with Gasteiger partial charge in [-0.2, -0.15) is 5.26 Å². The van der Waals surface area contributed by atoms with Crippen LogP contribution in [0.4, 0.5) is 5.69 Å². The van der Waals surface area contributed by atoms with Crippen molar-refractivity contribution in [3.05, 3.63) is 33.3 Å². The van der Waals surface area contributed by atoms with Crippen LogP contribution in [0.25, 0.3) is 0 Å². The predicted molar refractivity (Wildman–Crippen MR) is 73.8 cm³/mol. The molecule has 1 saturated carbocycles. The molecule has 2 rings (SSSR count). The molecule has 20 heavy (non-hydrogen) atoms. The number of para-hydroxylation sites is 1. The van der Waals surface area contributed by atoms with Crippen LogP contribution < -0.4 is 10.1 Å². The predicted octanol–water partition coefficient (Wildman–Crippen LogP) is 2.66. The zero-order chi connectivity index (χ0) is 14.8. The first-order valence-corrected chi connectivity index (χ1v) is 6.59. The molecule has 0 spiro atoms. The maximum absolute atomic E-state index is 11.0. The summed E-state index contributed by atoms with van der Waals surface area (Å²) in [5.74, 6) is 0.0778. The Kier molecular flexibility index (Phi) is 4.12. The molecule has 1 aromatic rings. The monoisotopic (exact) mass is 295 g/mol. The largest absolute Gasteiger partial charge is 0.482 e. The Hall–Kier alpha value is -1.84. The third-order valence-corrected chi connectivity index (χ3v) is 3.89. The maximum Gasteiger partial charge on any atom is 0.312 e. The van der Waals surface area contributed by atoms with Gasteiger partial charge in [0.1, 0.15) is 11.6 Å². The quantitative estimate of drug-likeness (QED) is 0.681. The van der Waals surface area contributed by atoms with Crippen LogP contribution in [0, 0.1) is 21.4 Å². The van der Waals surface area contributed by atoms with Gasteiger partial charge in [0.2, 0.25) is 5.75 Å². The first-order chi connectivity index (χ1) is 9.51. The molecule has 0 bridgehead atoms. The van der Waals surface area contributed by atoms with E-state index in [0.717, 1.165) is 0 Å². The van der Waals surface area contributed by atoms with Crippen molar-refractivity contribution in [2.75, 3.05) is 7.05 Å². The van der Waals surface area contributed by atoms with Gasteiger partial charge in [-0.3, -0.25) is 10.1 Å². The topological polar surface area (TPSA) is 88.2 Å². The summed E-state index contributed by atoms with van der Waals surface area (Å²) in [5.41, 5.74) is -0.780. The highest BCUT2D eigenvalue weighted by molar-refractivity contribution is 6.32. The van der Waals surface area contributed by atoms with E-state index in [0.29, 0.717) is 19.3 Å². The number of nitro groups is 1. The number of nitro benzene ring substituents is 1. The normalized spacial score (nSPS) is 25.1. The van der Waals surface area contributed by atoms with Gasteiger partial charge in [-0.25, -0.2) is 0 Å². The molecular weight excluding hydrogens is 282 g/mol. The number of nitrogens with zero attached hydrogens (tertiary/aromatic N) is 2. The Labute approximate surface area is 121 Å². The van der Waals surface area contributed by atoms with Crippen LogP contribution in [-0.2, 0) is 0 Å². The Morgan fingerprint density at radius 1 is 1.65 bits per heavy atom. The van der Waals surface area contributed by atoms with E-state index in [1.165, 1.54) is 12.1 Å². The Morgan fingerprint density at radius 3 is 2.95 bits per heavy atom. The fraction of sp³-hybridized carbons (Fsp3) is 0.462. The smallest absolute Gasteiger partial charge is 0.312 e. The molecule has 6 nitrogen and oxygen atoms in total. The van der Waals surface area contributed by atoms with Gasteiger partial charge >= 0.3 is 5.69 Å². The molecule has 0 radical (unpaired) electrons. The highest BCUT2D eigenvalue weighted by Gasteiger charge is 2.40. The lowest BCUT2D eigenvalue weighted by molar-refractivity contribution is -0.386. The van der Waals surface area contributed by atoms with Gasteiger partial charge in [0, 0.05) is 12.5 Å². The Bertz CT molecular complexity index is 572. The van der Waals surface area contributed by atoms with Crippen LogP contribution in [-0.4, -0.2) is 23.6 Å². The summed E-state index contributed by atoms with van der Waals surface area (Å²) in [7, 11) is 1.73. The van der Waals surface area contributed by atoms with Crippen molar-refractivity contribution >= 4 is 17.3 Å². The number of hydrogen-bond donors (Lipinski definition) is 1. The van der Waals surface area contributed by atoms with Gasteiger partial charge in [-0.05, 0) is 26.0 Å². The standard InChI is InChI=1S/C13H14ClN3O3/c1-16-13(8-15)6-5-9(7-13)20-12-10(14)3-2-4-11(12)17(18)19/h2-4,9,16H,5-7H2,1H3. The van der Waals surface area contributed by atoms with Crippen molar-refractivity contribution in [3.63, 3.8) is 0 Å². The number of rotatable bonds is 4. The van der Waals surface area contributed by atoms with Crippen molar-refractivity contribution in [1.82, 2.24) is 5.32 Å². The fourth-order valence-electron chi connectivity index (χ4n) is 2.41. The zero-order valence-corrected chi connectivity index (χ0v) is 11.7. The van der Waals surface area contributed by atoms with E-state index in [9.17, 15) is 15.4 Å². The SMILES string of the molecule is CNC1(C#N)CCC(Oc2c(Cl)cccc2[N+](=O)[O-])C1. The molecule has 2 unspecified atom stereocenters. The van der Waals surface area contributed by atoms with E-state index in [1.54, 1.807) is 13.1 Å². The minimum atomic E-state index is -0.624. The second kappa shape index (κ2) is 5.65. The second-order valence-corrected chi connectivity index (χ2v) is 5.18. The summed E-state index contributed by atoms with van der Waals surface area (Å²) >= 11 is 5.98. The van der Waals surface area contributed by atoms with Crippen molar-refractivity contribution < 1.29 is 9.66 Å². The summed E-state index contributed by atoms with van der Waals surface area (Å²) < 4.78 is 5.69. The van der Waals surface area contributed by atoms with Crippen LogP contribution in [0.5, 0.6) is 5.75 Å². The average molecular weight is 296 g/mol. The van der Waals surface area contributed by atoms with Gasteiger partial charge in [0.15, 0.2) is 0 Å². The number of nitriles is 1. The molecule has 0 amide bonds. The van der Waals surface area contributed by atoms with Crippen LogP contribution in [0.2, 0.25) is 5.02 Å². The summed E-state index contributed by atoms with van der Waals surface area (Å²) in [6, 6.07) is 6.65. The number of benzene rings is 1. The van der Waals surface area contributed by atoms with Gasteiger partial charge < -0.3 is 10.1 Å². The summed E-state index contributed by atoms with van der Waals surface area (Å²) in [4.78, 5) is 10.5. The van der Waals surface area contributed by atoms with E-state index < -0.39 is 10.5 Å². The number of ether oxygens (including phenoxy) is 1. The molecule has 1 aliphatic carbocycles. The third kappa shape index (κ3) is 2.69. The molecule has 1 fully saturated rings. The molecule has 0 saturated heterocycles.